The summed E-state index contributed by atoms with van der Waals surface area (Å²) >= 11 is 0. The van der Waals surface area contributed by atoms with Crippen molar-refractivity contribution in [3.8, 4) is 0 Å². The van der Waals surface area contributed by atoms with Crippen LogP contribution in [0.2, 0.25) is 0 Å². The second-order valence-corrected chi connectivity index (χ2v) is 2.90. The highest BCUT2D eigenvalue weighted by atomic mass is 14.9. The van der Waals surface area contributed by atoms with Gasteiger partial charge in [0.1, 0.15) is 0 Å². The van der Waals surface area contributed by atoms with Crippen LogP contribution in [0, 0.1) is 5.92 Å². The molecule has 62 valence electrons. The van der Waals surface area contributed by atoms with Gasteiger partial charge in [-0.05, 0) is 32.0 Å². The molecule has 1 unspecified atom stereocenters. The van der Waals surface area contributed by atoms with Gasteiger partial charge in [0.25, 0.3) is 0 Å². The molecule has 1 atom stereocenters. The van der Waals surface area contributed by atoms with E-state index < -0.39 is 0 Å². The van der Waals surface area contributed by atoms with Gasteiger partial charge in [0.15, 0.2) is 0 Å². The molecule has 2 heteroatoms. The standard InChI is InChI=1S/C8H20N2/c1-3-4-5-10-7-8(2)6-9/h8,10H,3-7,9H2,1-2H3. The van der Waals surface area contributed by atoms with Crippen molar-refractivity contribution in [2.45, 2.75) is 26.7 Å². The molecule has 0 aromatic heterocycles. The van der Waals surface area contributed by atoms with Gasteiger partial charge < -0.3 is 11.1 Å². The first kappa shape index (κ1) is 9.92. The number of hydrogen-bond donors (Lipinski definition) is 2. The Morgan fingerprint density at radius 3 is 2.70 bits per heavy atom. The van der Waals surface area contributed by atoms with Crippen LogP contribution in [0.4, 0.5) is 0 Å². The molecule has 0 heterocycles. The van der Waals surface area contributed by atoms with E-state index in [9.17, 15) is 0 Å². The minimum atomic E-state index is 0.622. The van der Waals surface area contributed by atoms with Gasteiger partial charge in [0.05, 0.1) is 0 Å². The summed E-state index contributed by atoms with van der Waals surface area (Å²) in [6, 6.07) is 0. The molecule has 2 nitrogen and oxygen atoms in total. The smallest absolute Gasteiger partial charge is 0.00111 e. The lowest BCUT2D eigenvalue weighted by molar-refractivity contribution is 0.514. The molecule has 0 spiro atoms. The predicted molar refractivity (Wildman–Crippen MR) is 46.0 cm³/mol. The Hall–Kier alpha value is -0.0800. The maximum absolute atomic E-state index is 5.45. The molecule has 0 saturated carbocycles. The van der Waals surface area contributed by atoms with Crippen LogP contribution >= 0.6 is 0 Å². The van der Waals surface area contributed by atoms with Crippen molar-refractivity contribution in [2.75, 3.05) is 19.6 Å². The summed E-state index contributed by atoms with van der Waals surface area (Å²) in [6.45, 7) is 7.36. The molecule has 0 aliphatic rings. The van der Waals surface area contributed by atoms with Gasteiger partial charge >= 0.3 is 0 Å². The van der Waals surface area contributed by atoms with Crippen LogP contribution in [0.3, 0.4) is 0 Å². The molecule has 0 rings (SSSR count). The summed E-state index contributed by atoms with van der Waals surface area (Å²) < 4.78 is 0. The molecule has 10 heavy (non-hydrogen) atoms. The van der Waals surface area contributed by atoms with E-state index >= 15 is 0 Å². The number of unbranched alkanes of at least 4 members (excludes halogenated alkanes) is 1. The molecule has 0 radical (unpaired) electrons. The van der Waals surface area contributed by atoms with Crippen molar-refractivity contribution < 1.29 is 0 Å². The Bertz CT molecular complexity index is 64.3. The summed E-state index contributed by atoms with van der Waals surface area (Å²) in [5, 5.41) is 3.36. The fourth-order valence-corrected chi connectivity index (χ4v) is 0.734. The fourth-order valence-electron chi connectivity index (χ4n) is 0.734. The van der Waals surface area contributed by atoms with Crippen LogP contribution < -0.4 is 11.1 Å². The van der Waals surface area contributed by atoms with Gasteiger partial charge in [-0.25, -0.2) is 0 Å². The fraction of sp³-hybridized carbons (Fsp3) is 1.00. The monoisotopic (exact) mass is 144 g/mol. The lowest BCUT2D eigenvalue weighted by atomic mass is 10.2. The zero-order valence-electron chi connectivity index (χ0n) is 7.19. The Labute approximate surface area is 64.2 Å². The van der Waals surface area contributed by atoms with E-state index in [0.29, 0.717) is 5.92 Å². The van der Waals surface area contributed by atoms with E-state index in [-0.39, 0.29) is 0 Å². The second kappa shape index (κ2) is 7.03. The Kier molecular flexibility index (Phi) is 6.98. The lowest BCUT2D eigenvalue weighted by Crippen LogP contribution is -2.26. The summed E-state index contributed by atoms with van der Waals surface area (Å²) in [5.41, 5.74) is 5.45. The number of nitrogens with two attached hydrogens (primary N) is 1. The molecule has 0 saturated heterocycles. The van der Waals surface area contributed by atoms with Crippen LogP contribution in [0.1, 0.15) is 26.7 Å². The second-order valence-electron chi connectivity index (χ2n) is 2.90. The third-order valence-corrected chi connectivity index (χ3v) is 1.60. The van der Waals surface area contributed by atoms with E-state index in [1.807, 2.05) is 0 Å². The Morgan fingerprint density at radius 1 is 1.50 bits per heavy atom. The zero-order valence-corrected chi connectivity index (χ0v) is 7.19. The van der Waals surface area contributed by atoms with E-state index in [2.05, 4.69) is 19.2 Å². The van der Waals surface area contributed by atoms with Crippen molar-refractivity contribution in [1.82, 2.24) is 5.32 Å². The van der Waals surface area contributed by atoms with Gasteiger partial charge in [0, 0.05) is 0 Å². The molecule has 0 aliphatic heterocycles. The molecule has 0 bridgehead atoms. The molecular weight excluding hydrogens is 124 g/mol. The van der Waals surface area contributed by atoms with Crippen molar-refractivity contribution in [1.29, 1.82) is 0 Å². The SMILES string of the molecule is CCCCNCC(C)CN. The van der Waals surface area contributed by atoms with Crippen molar-refractivity contribution in [3.05, 3.63) is 0 Å². The van der Waals surface area contributed by atoms with Crippen LogP contribution in [-0.2, 0) is 0 Å². The van der Waals surface area contributed by atoms with Gasteiger partial charge in [-0.2, -0.15) is 0 Å². The molecule has 0 aliphatic carbocycles. The molecule has 0 aromatic carbocycles. The quantitative estimate of drug-likeness (QED) is 0.545. The minimum absolute atomic E-state index is 0.622. The molecule has 0 amide bonds. The number of rotatable bonds is 6. The van der Waals surface area contributed by atoms with E-state index in [1.54, 1.807) is 0 Å². The maximum atomic E-state index is 5.45. The van der Waals surface area contributed by atoms with Crippen LogP contribution in [0.5, 0.6) is 0 Å². The van der Waals surface area contributed by atoms with Crippen LogP contribution in [-0.4, -0.2) is 19.6 Å². The topological polar surface area (TPSA) is 38.0 Å². The summed E-state index contributed by atoms with van der Waals surface area (Å²) in [5.74, 6) is 0.622. The molecular formula is C8H20N2. The van der Waals surface area contributed by atoms with Gasteiger partial charge in [-0.3, -0.25) is 0 Å². The first-order valence-corrected chi connectivity index (χ1v) is 4.22. The molecule has 0 fully saturated rings. The zero-order chi connectivity index (χ0) is 7.82. The largest absolute Gasteiger partial charge is 0.330 e. The van der Waals surface area contributed by atoms with Crippen molar-refractivity contribution >= 4 is 0 Å². The summed E-state index contributed by atoms with van der Waals surface area (Å²) in [7, 11) is 0. The number of nitrogens with one attached hydrogen (secondary N) is 1. The van der Waals surface area contributed by atoms with Crippen molar-refractivity contribution in [3.63, 3.8) is 0 Å². The average molecular weight is 144 g/mol. The van der Waals surface area contributed by atoms with Crippen LogP contribution in [0.25, 0.3) is 0 Å². The lowest BCUT2D eigenvalue weighted by Gasteiger charge is -2.08. The van der Waals surface area contributed by atoms with Crippen LogP contribution in [0.15, 0.2) is 0 Å². The van der Waals surface area contributed by atoms with E-state index in [1.165, 1.54) is 12.8 Å². The Balaban J connectivity index is 2.89. The molecule has 0 aromatic rings. The summed E-state index contributed by atoms with van der Waals surface area (Å²) in [6.07, 6.45) is 2.54. The highest BCUT2D eigenvalue weighted by molar-refractivity contribution is 4.56. The van der Waals surface area contributed by atoms with Gasteiger partial charge in [-0.1, -0.05) is 20.3 Å². The summed E-state index contributed by atoms with van der Waals surface area (Å²) in [4.78, 5) is 0. The van der Waals surface area contributed by atoms with E-state index in [4.69, 9.17) is 5.73 Å². The minimum Gasteiger partial charge on any atom is -0.330 e. The van der Waals surface area contributed by atoms with Gasteiger partial charge in [-0.15, -0.1) is 0 Å². The average Bonchev–Trinajstić information content (AvgIpc) is 1.98. The first-order chi connectivity index (χ1) is 4.81. The third kappa shape index (κ3) is 6.05. The maximum Gasteiger partial charge on any atom is -0.00111 e. The van der Waals surface area contributed by atoms with Crippen molar-refractivity contribution in [2.24, 2.45) is 11.7 Å². The highest BCUT2D eigenvalue weighted by Gasteiger charge is 1.95. The first-order valence-electron chi connectivity index (χ1n) is 4.22. The number of hydrogen-bond acceptors (Lipinski definition) is 2. The highest BCUT2D eigenvalue weighted by Crippen LogP contribution is 1.88. The Morgan fingerprint density at radius 2 is 2.20 bits per heavy atom. The predicted octanol–water partition coefficient (Wildman–Crippen LogP) is 0.971. The van der Waals surface area contributed by atoms with Gasteiger partial charge in [0.2, 0.25) is 0 Å². The van der Waals surface area contributed by atoms with E-state index in [0.717, 1.165) is 19.6 Å². The molecule has 3 N–H and O–H groups in total. The normalized spacial score (nSPS) is 13.5. The third-order valence-electron chi connectivity index (χ3n) is 1.60.